The number of carbonyl (C=O) groups is 2. The molecule has 0 fully saturated rings. The van der Waals surface area contributed by atoms with Crippen molar-refractivity contribution in [2.75, 3.05) is 31.8 Å². The van der Waals surface area contributed by atoms with Gasteiger partial charge in [0.1, 0.15) is 5.75 Å². The van der Waals surface area contributed by atoms with Gasteiger partial charge in [-0.2, -0.15) is 0 Å². The Morgan fingerprint density at radius 1 is 1.12 bits per heavy atom. The number of likely N-dealkylation sites (N-methyl/N-ethyl adjacent to an activating group) is 1. The van der Waals surface area contributed by atoms with Gasteiger partial charge in [-0.1, -0.05) is 23.7 Å². The Morgan fingerprint density at radius 2 is 1.80 bits per heavy atom. The molecule has 0 bridgehead atoms. The number of hydrogen-bond acceptors (Lipinski definition) is 4. The van der Waals surface area contributed by atoms with Crippen LogP contribution < -0.4 is 10.1 Å². The molecule has 0 unspecified atom stereocenters. The van der Waals surface area contributed by atoms with E-state index in [1.54, 1.807) is 44.4 Å². The number of rotatable bonds is 7. The molecule has 0 aliphatic carbocycles. The van der Waals surface area contributed by atoms with Crippen LogP contribution in [-0.2, 0) is 9.59 Å². The molecule has 2 rings (SSSR count). The van der Waals surface area contributed by atoms with Gasteiger partial charge in [-0.3, -0.25) is 9.59 Å². The third-order valence-electron chi connectivity index (χ3n) is 3.19. The van der Waals surface area contributed by atoms with Crippen molar-refractivity contribution in [3.63, 3.8) is 0 Å². The van der Waals surface area contributed by atoms with E-state index in [1.165, 1.54) is 16.7 Å². The first-order chi connectivity index (χ1) is 12.0. The maximum atomic E-state index is 12.0. The molecule has 0 spiro atoms. The van der Waals surface area contributed by atoms with Gasteiger partial charge in [-0.05, 0) is 36.4 Å². The summed E-state index contributed by atoms with van der Waals surface area (Å²) in [5, 5.41) is 3.44. The van der Waals surface area contributed by atoms with Crippen molar-refractivity contribution < 1.29 is 14.3 Å². The van der Waals surface area contributed by atoms with Crippen LogP contribution in [0.1, 0.15) is 0 Å². The van der Waals surface area contributed by atoms with Crippen LogP contribution in [0.3, 0.4) is 0 Å². The van der Waals surface area contributed by atoms with Crippen molar-refractivity contribution in [2.24, 2.45) is 0 Å². The Morgan fingerprint density at radius 3 is 2.44 bits per heavy atom. The molecule has 0 atom stereocenters. The Bertz CT molecular complexity index is 735. The second kappa shape index (κ2) is 9.34. The normalized spacial score (nSPS) is 10.2. The largest absolute Gasteiger partial charge is 0.484 e. The van der Waals surface area contributed by atoms with Gasteiger partial charge < -0.3 is 15.0 Å². The summed E-state index contributed by atoms with van der Waals surface area (Å²) in [6, 6.07) is 14.3. The molecular formula is C18H19ClN2O3S. The van der Waals surface area contributed by atoms with Gasteiger partial charge in [-0.25, -0.2) is 0 Å². The lowest BCUT2D eigenvalue weighted by Crippen LogP contribution is -2.27. The lowest BCUT2D eigenvalue weighted by Gasteiger charge is -2.11. The summed E-state index contributed by atoms with van der Waals surface area (Å²) < 4.78 is 5.38. The monoisotopic (exact) mass is 378 g/mol. The second-order valence-electron chi connectivity index (χ2n) is 5.37. The van der Waals surface area contributed by atoms with Gasteiger partial charge in [0.05, 0.1) is 10.8 Å². The van der Waals surface area contributed by atoms with Crippen molar-refractivity contribution in [1.29, 1.82) is 0 Å². The van der Waals surface area contributed by atoms with Crippen LogP contribution in [0.15, 0.2) is 53.4 Å². The highest BCUT2D eigenvalue weighted by Crippen LogP contribution is 2.26. The topological polar surface area (TPSA) is 58.6 Å². The second-order valence-corrected chi connectivity index (χ2v) is 6.79. The maximum absolute atomic E-state index is 12.0. The number of amides is 2. The fraction of sp³-hybridized carbons (Fsp3) is 0.222. The molecule has 0 aromatic heterocycles. The number of carbonyl (C=O) groups excluding carboxylic acids is 2. The first-order valence-corrected chi connectivity index (χ1v) is 8.92. The van der Waals surface area contributed by atoms with Crippen molar-refractivity contribution >= 4 is 40.9 Å². The molecule has 5 nitrogen and oxygen atoms in total. The first kappa shape index (κ1) is 19.1. The van der Waals surface area contributed by atoms with Crippen molar-refractivity contribution in [1.82, 2.24) is 4.90 Å². The minimum Gasteiger partial charge on any atom is -0.484 e. The molecule has 2 amide bonds. The quantitative estimate of drug-likeness (QED) is 0.749. The third kappa shape index (κ3) is 6.32. The molecule has 7 heteroatoms. The van der Waals surface area contributed by atoms with Crippen LogP contribution in [-0.4, -0.2) is 43.2 Å². The van der Waals surface area contributed by atoms with Crippen LogP contribution in [0.2, 0.25) is 5.02 Å². The summed E-state index contributed by atoms with van der Waals surface area (Å²) in [5.74, 6) is 0.591. The summed E-state index contributed by atoms with van der Waals surface area (Å²) in [5.41, 5.74) is 0.663. The summed E-state index contributed by atoms with van der Waals surface area (Å²) in [7, 11) is 3.34. The minimum absolute atomic E-state index is 0.0207. The summed E-state index contributed by atoms with van der Waals surface area (Å²) in [4.78, 5) is 25.8. The van der Waals surface area contributed by atoms with E-state index in [4.69, 9.17) is 16.3 Å². The average molecular weight is 379 g/mol. The Labute approximate surface area is 156 Å². The zero-order chi connectivity index (χ0) is 18.2. The Kier molecular flexibility index (Phi) is 7.16. The van der Waals surface area contributed by atoms with E-state index in [0.717, 1.165) is 4.90 Å². The SMILES string of the molecule is CN(C)C(=O)COc1ccc(NC(=O)CSc2ccccc2Cl)cc1. The molecule has 0 aliphatic rings. The first-order valence-electron chi connectivity index (χ1n) is 7.56. The summed E-state index contributed by atoms with van der Waals surface area (Å²) >= 11 is 7.44. The molecule has 0 radical (unpaired) electrons. The zero-order valence-corrected chi connectivity index (χ0v) is 15.6. The van der Waals surface area contributed by atoms with Crippen LogP contribution in [0.25, 0.3) is 0 Å². The van der Waals surface area contributed by atoms with Gasteiger partial charge >= 0.3 is 0 Å². The number of hydrogen-bond donors (Lipinski definition) is 1. The summed E-state index contributed by atoms with van der Waals surface area (Å²) in [6.07, 6.45) is 0. The number of anilines is 1. The maximum Gasteiger partial charge on any atom is 0.259 e. The minimum atomic E-state index is -0.124. The number of thioether (sulfide) groups is 1. The average Bonchev–Trinajstić information content (AvgIpc) is 2.60. The molecule has 2 aromatic rings. The number of halogens is 1. The molecule has 132 valence electrons. The highest BCUT2D eigenvalue weighted by molar-refractivity contribution is 8.00. The van der Waals surface area contributed by atoms with E-state index in [-0.39, 0.29) is 24.2 Å². The van der Waals surface area contributed by atoms with E-state index in [0.29, 0.717) is 16.5 Å². The Hall–Kier alpha value is -2.18. The van der Waals surface area contributed by atoms with Crippen molar-refractivity contribution in [3.8, 4) is 5.75 Å². The standard InChI is InChI=1S/C18H19ClN2O3S/c1-21(2)18(23)11-24-14-9-7-13(8-10-14)20-17(22)12-25-16-6-4-3-5-15(16)19/h3-10H,11-12H2,1-2H3,(H,20,22). The Balaban J connectivity index is 1.81. The van der Waals surface area contributed by atoms with Crippen molar-refractivity contribution in [2.45, 2.75) is 4.90 Å². The molecule has 0 saturated heterocycles. The van der Waals surface area contributed by atoms with E-state index in [1.807, 2.05) is 18.2 Å². The number of nitrogens with zero attached hydrogens (tertiary/aromatic N) is 1. The van der Waals surface area contributed by atoms with Crippen LogP contribution >= 0.6 is 23.4 Å². The van der Waals surface area contributed by atoms with Gasteiger partial charge in [0.25, 0.3) is 5.91 Å². The van der Waals surface area contributed by atoms with Crippen LogP contribution in [0.4, 0.5) is 5.69 Å². The molecule has 0 heterocycles. The van der Waals surface area contributed by atoms with Gasteiger partial charge in [0.2, 0.25) is 5.91 Å². The number of benzene rings is 2. The fourth-order valence-electron chi connectivity index (χ4n) is 1.81. The molecule has 2 aromatic carbocycles. The van der Waals surface area contributed by atoms with E-state index < -0.39 is 0 Å². The highest BCUT2D eigenvalue weighted by Gasteiger charge is 2.07. The van der Waals surface area contributed by atoms with Gasteiger partial charge in [0.15, 0.2) is 6.61 Å². The van der Waals surface area contributed by atoms with Gasteiger partial charge in [0, 0.05) is 24.7 Å². The van der Waals surface area contributed by atoms with Crippen molar-refractivity contribution in [3.05, 3.63) is 53.6 Å². The summed E-state index contributed by atoms with van der Waals surface area (Å²) in [6.45, 7) is -0.0207. The lowest BCUT2D eigenvalue weighted by molar-refractivity contribution is -0.130. The third-order valence-corrected chi connectivity index (χ3v) is 4.71. The predicted molar refractivity (Wildman–Crippen MR) is 101 cm³/mol. The van der Waals surface area contributed by atoms with Gasteiger partial charge in [-0.15, -0.1) is 11.8 Å². The number of ether oxygens (including phenoxy) is 1. The van der Waals surface area contributed by atoms with E-state index >= 15 is 0 Å². The molecular weight excluding hydrogens is 360 g/mol. The zero-order valence-electron chi connectivity index (χ0n) is 14.0. The number of nitrogens with one attached hydrogen (secondary N) is 1. The smallest absolute Gasteiger partial charge is 0.259 e. The molecule has 0 saturated carbocycles. The lowest BCUT2D eigenvalue weighted by atomic mass is 10.3. The molecule has 25 heavy (non-hydrogen) atoms. The van der Waals surface area contributed by atoms with Crippen LogP contribution in [0.5, 0.6) is 5.75 Å². The molecule has 0 aliphatic heterocycles. The van der Waals surface area contributed by atoms with Crippen LogP contribution in [0, 0.1) is 0 Å². The van der Waals surface area contributed by atoms with E-state index in [9.17, 15) is 9.59 Å². The highest BCUT2D eigenvalue weighted by atomic mass is 35.5. The predicted octanol–water partition coefficient (Wildman–Crippen LogP) is 3.54. The molecule has 1 N–H and O–H groups in total. The fourth-order valence-corrected chi connectivity index (χ4v) is 2.85. The van der Waals surface area contributed by atoms with E-state index in [2.05, 4.69) is 5.32 Å².